The Hall–Kier alpha value is -2.29. The van der Waals surface area contributed by atoms with Gasteiger partial charge in [-0.2, -0.15) is 0 Å². The predicted octanol–water partition coefficient (Wildman–Crippen LogP) is 0.726. The number of anilines is 1. The molecule has 1 saturated heterocycles. The molecule has 0 bridgehead atoms. The lowest BCUT2D eigenvalue weighted by molar-refractivity contribution is -0.136. The highest BCUT2D eigenvalue weighted by molar-refractivity contribution is 7.91. The predicted molar refractivity (Wildman–Crippen MR) is 92.6 cm³/mol. The average Bonchev–Trinajstić information content (AvgIpc) is 2.89. The van der Waals surface area contributed by atoms with Gasteiger partial charge in [-0.25, -0.2) is 8.42 Å². The first-order valence-corrected chi connectivity index (χ1v) is 9.88. The summed E-state index contributed by atoms with van der Waals surface area (Å²) < 4.78 is 33.7. The molecule has 0 aromatic heterocycles. The Morgan fingerprint density at radius 2 is 1.80 bits per heavy atom. The van der Waals surface area contributed by atoms with Gasteiger partial charge in [0.25, 0.3) is 0 Å². The Balaban J connectivity index is 1.99. The van der Waals surface area contributed by atoms with Crippen molar-refractivity contribution in [1.29, 1.82) is 0 Å². The molecule has 9 heteroatoms. The van der Waals surface area contributed by atoms with Crippen molar-refractivity contribution in [3.05, 3.63) is 18.2 Å². The first kappa shape index (κ1) is 19.0. The lowest BCUT2D eigenvalue weighted by Crippen LogP contribution is -2.42. The molecule has 0 radical (unpaired) electrons. The zero-order chi connectivity index (χ0) is 18.4. The number of carbonyl (C=O) groups excluding carboxylic acids is 2. The second-order valence-corrected chi connectivity index (χ2v) is 7.78. The van der Waals surface area contributed by atoms with Crippen LogP contribution >= 0.6 is 0 Å². The summed E-state index contributed by atoms with van der Waals surface area (Å²) in [7, 11) is -3.12. The van der Waals surface area contributed by atoms with Crippen LogP contribution in [0.3, 0.4) is 0 Å². The number of amides is 2. The number of nitrogens with one attached hydrogen (secondary N) is 2. The number of sulfone groups is 1. The molecule has 1 heterocycles. The molecule has 1 fully saturated rings. The van der Waals surface area contributed by atoms with E-state index in [4.69, 9.17) is 9.47 Å². The normalized spacial score (nSPS) is 18.4. The van der Waals surface area contributed by atoms with Crippen LogP contribution in [0.1, 0.15) is 20.3 Å². The number of rotatable bonds is 6. The van der Waals surface area contributed by atoms with E-state index in [-0.39, 0.29) is 11.5 Å². The van der Waals surface area contributed by atoms with E-state index in [1.165, 1.54) is 0 Å². The van der Waals surface area contributed by atoms with Gasteiger partial charge in [-0.3, -0.25) is 9.59 Å². The molecule has 0 spiro atoms. The minimum absolute atomic E-state index is 0.0240. The van der Waals surface area contributed by atoms with Crippen LogP contribution in [0.5, 0.6) is 11.5 Å². The third-order valence-corrected chi connectivity index (χ3v) is 5.34. The number of hydrogen-bond donors (Lipinski definition) is 2. The van der Waals surface area contributed by atoms with Crippen molar-refractivity contribution in [2.75, 3.05) is 30.0 Å². The van der Waals surface area contributed by atoms with E-state index >= 15 is 0 Å². The fourth-order valence-corrected chi connectivity index (χ4v) is 4.15. The maximum atomic E-state index is 12.0. The average molecular weight is 370 g/mol. The van der Waals surface area contributed by atoms with Gasteiger partial charge >= 0.3 is 11.8 Å². The highest BCUT2D eigenvalue weighted by Gasteiger charge is 2.30. The maximum Gasteiger partial charge on any atom is 0.313 e. The summed E-state index contributed by atoms with van der Waals surface area (Å²) in [5.74, 6) is -0.836. The molecule has 138 valence electrons. The van der Waals surface area contributed by atoms with Crippen molar-refractivity contribution in [1.82, 2.24) is 5.32 Å². The van der Waals surface area contributed by atoms with Crippen LogP contribution < -0.4 is 20.1 Å². The number of carbonyl (C=O) groups is 2. The van der Waals surface area contributed by atoms with Crippen LogP contribution in [0.2, 0.25) is 0 Å². The van der Waals surface area contributed by atoms with Crippen molar-refractivity contribution in [3.63, 3.8) is 0 Å². The first-order chi connectivity index (χ1) is 11.8. The molecule has 1 aliphatic rings. The molecule has 1 aromatic rings. The molecule has 2 N–H and O–H groups in total. The molecule has 0 saturated carbocycles. The Bertz CT molecular complexity index is 747. The van der Waals surface area contributed by atoms with Gasteiger partial charge in [0.1, 0.15) is 0 Å². The molecule has 0 aliphatic carbocycles. The molecule has 2 rings (SSSR count). The zero-order valence-corrected chi connectivity index (χ0v) is 15.0. The van der Waals surface area contributed by atoms with E-state index in [9.17, 15) is 18.0 Å². The van der Waals surface area contributed by atoms with Gasteiger partial charge in [-0.05, 0) is 32.4 Å². The zero-order valence-electron chi connectivity index (χ0n) is 14.2. The van der Waals surface area contributed by atoms with E-state index in [1.807, 2.05) is 13.8 Å². The van der Waals surface area contributed by atoms with Crippen molar-refractivity contribution >= 4 is 27.3 Å². The summed E-state index contributed by atoms with van der Waals surface area (Å²) in [5.41, 5.74) is 0.381. The summed E-state index contributed by atoms with van der Waals surface area (Å²) in [4.78, 5) is 23.9. The molecular weight excluding hydrogens is 348 g/mol. The highest BCUT2D eigenvalue weighted by Crippen LogP contribution is 2.30. The molecule has 1 unspecified atom stereocenters. The van der Waals surface area contributed by atoms with Crippen LogP contribution in [0, 0.1) is 0 Å². The van der Waals surface area contributed by atoms with E-state index < -0.39 is 27.7 Å². The second-order valence-electron chi connectivity index (χ2n) is 5.56. The van der Waals surface area contributed by atoms with E-state index in [0.29, 0.717) is 36.8 Å². The summed E-state index contributed by atoms with van der Waals surface area (Å²) in [6, 6.07) is 4.28. The fourth-order valence-electron chi connectivity index (χ4n) is 2.48. The Morgan fingerprint density at radius 1 is 1.12 bits per heavy atom. The van der Waals surface area contributed by atoms with Gasteiger partial charge in [-0.15, -0.1) is 0 Å². The van der Waals surface area contributed by atoms with E-state index in [2.05, 4.69) is 10.6 Å². The Kier molecular flexibility index (Phi) is 6.24. The molecule has 1 atom stereocenters. The number of ether oxygens (including phenoxy) is 2. The molecular formula is C16H22N2O6S. The van der Waals surface area contributed by atoms with Gasteiger partial charge in [0.2, 0.25) is 0 Å². The summed E-state index contributed by atoms with van der Waals surface area (Å²) in [6.07, 6.45) is 0.318. The van der Waals surface area contributed by atoms with Crippen LogP contribution in [0.15, 0.2) is 18.2 Å². The Morgan fingerprint density at radius 3 is 2.40 bits per heavy atom. The third kappa shape index (κ3) is 5.35. The summed E-state index contributed by atoms with van der Waals surface area (Å²) in [6.45, 7) is 4.57. The van der Waals surface area contributed by atoms with Crippen LogP contribution in [0.25, 0.3) is 0 Å². The van der Waals surface area contributed by atoms with Crippen molar-refractivity contribution in [3.8, 4) is 11.5 Å². The van der Waals surface area contributed by atoms with E-state index in [1.54, 1.807) is 18.2 Å². The smallest absolute Gasteiger partial charge is 0.313 e. The fraction of sp³-hybridized carbons (Fsp3) is 0.500. The maximum absolute atomic E-state index is 12.0. The lowest BCUT2D eigenvalue weighted by Gasteiger charge is -2.14. The van der Waals surface area contributed by atoms with Gasteiger partial charge in [0, 0.05) is 17.8 Å². The van der Waals surface area contributed by atoms with Crippen molar-refractivity contribution in [2.24, 2.45) is 0 Å². The first-order valence-electron chi connectivity index (χ1n) is 8.06. The van der Waals surface area contributed by atoms with Gasteiger partial charge in [0.15, 0.2) is 21.3 Å². The molecule has 1 aliphatic heterocycles. The van der Waals surface area contributed by atoms with Crippen molar-refractivity contribution < 1.29 is 27.5 Å². The quantitative estimate of drug-likeness (QED) is 0.714. The minimum Gasteiger partial charge on any atom is -0.490 e. The minimum atomic E-state index is -3.12. The second kappa shape index (κ2) is 8.19. The topological polar surface area (TPSA) is 111 Å². The largest absolute Gasteiger partial charge is 0.490 e. The van der Waals surface area contributed by atoms with Crippen LogP contribution in [-0.2, 0) is 19.4 Å². The molecule has 25 heavy (non-hydrogen) atoms. The van der Waals surface area contributed by atoms with E-state index in [0.717, 1.165) is 0 Å². The standard InChI is InChI=1S/C16H22N2O6S/c1-3-23-13-6-5-11(9-14(13)24-4-2)17-15(19)16(20)18-12-7-8-25(21,22)10-12/h5-6,9,12H,3-4,7-8,10H2,1-2H3,(H,17,19)(H,18,20). The van der Waals surface area contributed by atoms with Gasteiger partial charge < -0.3 is 20.1 Å². The van der Waals surface area contributed by atoms with Crippen molar-refractivity contribution in [2.45, 2.75) is 26.3 Å². The van der Waals surface area contributed by atoms with Gasteiger partial charge in [-0.1, -0.05) is 0 Å². The molecule has 2 amide bonds. The highest BCUT2D eigenvalue weighted by atomic mass is 32.2. The molecule has 1 aromatic carbocycles. The van der Waals surface area contributed by atoms with Crippen LogP contribution in [0.4, 0.5) is 5.69 Å². The third-order valence-electron chi connectivity index (χ3n) is 3.58. The number of hydrogen-bond acceptors (Lipinski definition) is 6. The van der Waals surface area contributed by atoms with Gasteiger partial charge in [0.05, 0.1) is 24.7 Å². The summed E-state index contributed by atoms with van der Waals surface area (Å²) >= 11 is 0. The monoisotopic (exact) mass is 370 g/mol. The molecule has 8 nitrogen and oxygen atoms in total. The SMILES string of the molecule is CCOc1ccc(NC(=O)C(=O)NC2CCS(=O)(=O)C2)cc1OCC. The lowest BCUT2D eigenvalue weighted by atomic mass is 10.2. The van der Waals surface area contributed by atoms with Crippen LogP contribution in [-0.4, -0.2) is 51.0 Å². The Labute approximate surface area is 146 Å². The number of benzene rings is 1. The summed E-state index contributed by atoms with van der Waals surface area (Å²) in [5, 5.41) is 4.91.